The van der Waals surface area contributed by atoms with E-state index < -0.39 is 5.97 Å². The van der Waals surface area contributed by atoms with Crippen molar-refractivity contribution in [2.24, 2.45) is 0 Å². The summed E-state index contributed by atoms with van der Waals surface area (Å²) in [5.41, 5.74) is 0.926. The molecule has 0 aliphatic rings. The van der Waals surface area contributed by atoms with E-state index in [2.05, 4.69) is 26.1 Å². The zero-order valence-corrected chi connectivity index (χ0v) is 13.0. The minimum Gasteiger partial charge on any atom is -0.477 e. The number of thiophene rings is 1. The number of nitrogens with one attached hydrogen (secondary N) is 1. The lowest BCUT2D eigenvalue weighted by atomic mass is 9.98. The van der Waals surface area contributed by atoms with E-state index in [0.29, 0.717) is 11.4 Å². The first-order valence-corrected chi connectivity index (χ1v) is 7.75. The maximum atomic E-state index is 11.4. The molecule has 1 heterocycles. The van der Waals surface area contributed by atoms with Gasteiger partial charge >= 0.3 is 5.97 Å². The highest BCUT2D eigenvalue weighted by atomic mass is 32.1. The molecule has 2 N–H and O–H groups in total. The Morgan fingerprint density at radius 1 is 1.35 bits per heavy atom. The van der Waals surface area contributed by atoms with E-state index in [4.69, 9.17) is 0 Å². The van der Waals surface area contributed by atoms with Crippen molar-refractivity contribution < 1.29 is 9.90 Å². The Morgan fingerprint density at radius 2 is 2.05 bits per heavy atom. The summed E-state index contributed by atoms with van der Waals surface area (Å²) in [7, 11) is 0. The summed E-state index contributed by atoms with van der Waals surface area (Å²) in [6.07, 6.45) is 2.17. The standard InChI is InChI=1S/C16H21NO2S/c1-4-9-16(2,3)17-10-12-11-7-5-6-8-13(11)20-14(12)15(18)19/h5-8,17H,4,9-10H2,1-3H3,(H,18,19). The molecule has 0 fully saturated rings. The van der Waals surface area contributed by atoms with Crippen LogP contribution in [-0.2, 0) is 6.54 Å². The quantitative estimate of drug-likeness (QED) is 0.835. The SMILES string of the molecule is CCCC(C)(C)NCc1c(C(=O)O)sc2ccccc12. The van der Waals surface area contributed by atoms with Crippen LogP contribution >= 0.6 is 11.3 Å². The molecule has 3 nitrogen and oxygen atoms in total. The van der Waals surface area contributed by atoms with Crippen molar-refractivity contribution in [3.05, 3.63) is 34.7 Å². The number of carboxylic acids is 1. The number of hydrogen-bond donors (Lipinski definition) is 2. The van der Waals surface area contributed by atoms with Crippen molar-refractivity contribution >= 4 is 27.4 Å². The smallest absolute Gasteiger partial charge is 0.346 e. The molecule has 2 rings (SSSR count). The summed E-state index contributed by atoms with van der Waals surface area (Å²) < 4.78 is 1.04. The van der Waals surface area contributed by atoms with Crippen molar-refractivity contribution in [1.82, 2.24) is 5.32 Å². The highest BCUT2D eigenvalue weighted by Crippen LogP contribution is 2.31. The molecule has 108 valence electrons. The maximum absolute atomic E-state index is 11.4. The van der Waals surface area contributed by atoms with Crippen LogP contribution in [0.15, 0.2) is 24.3 Å². The molecule has 4 heteroatoms. The van der Waals surface area contributed by atoms with Crippen molar-refractivity contribution in [2.45, 2.75) is 45.7 Å². The van der Waals surface area contributed by atoms with Crippen LogP contribution in [0.4, 0.5) is 0 Å². The van der Waals surface area contributed by atoms with Gasteiger partial charge in [0, 0.05) is 16.8 Å². The monoisotopic (exact) mass is 291 g/mol. The summed E-state index contributed by atoms with van der Waals surface area (Å²) in [5, 5.41) is 13.9. The molecule has 20 heavy (non-hydrogen) atoms. The van der Waals surface area contributed by atoms with E-state index in [9.17, 15) is 9.90 Å². The topological polar surface area (TPSA) is 49.3 Å². The predicted octanol–water partition coefficient (Wildman–Crippen LogP) is 4.27. The van der Waals surface area contributed by atoms with Crippen molar-refractivity contribution in [3.8, 4) is 0 Å². The molecule has 0 atom stereocenters. The fourth-order valence-electron chi connectivity index (χ4n) is 2.49. The van der Waals surface area contributed by atoms with Crippen LogP contribution in [0.25, 0.3) is 10.1 Å². The predicted molar refractivity (Wildman–Crippen MR) is 84.6 cm³/mol. The van der Waals surface area contributed by atoms with E-state index in [1.807, 2.05) is 24.3 Å². The van der Waals surface area contributed by atoms with Crippen molar-refractivity contribution in [2.75, 3.05) is 0 Å². The second-order valence-electron chi connectivity index (χ2n) is 5.70. The normalized spacial score (nSPS) is 11.9. The molecule has 2 aromatic rings. The number of rotatable bonds is 6. The molecular formula is C16H21NO2S. The van der Waals surface area contributed by atoms with Gasteiger partial charge in [0.15, 0.2) is 0 Å². The minimum absolute atomic E-state index is 0.0214. The van der Waals surface area contributed by atoms with Gasteiger partial charge in [0.05, 0.1) is 0 Å². The summed E-state index contributed by atoms with van der Waals surface area (Å²) in [4.78, 5) is 11.9. The van der Waals surface area contributed by atoms with Gasteiger partial charge in [0.1, 0.15) is 4.88 Å². The van der Waals surface area contributed by atoms with Crippen LogP contribution in [0.2, 0.25) is 0 Å². The molecule has 0 saturated carbocycles. The zero-order chi connectivity index (χ0) is 14.8. The number of aromatic carboxylic acids is 1. The number of fused-ring (bicyclic) bond motifs is 1. The summed E-state index contributed by atoms with van der Waals surface area (Å²) >= 11 is 1.36. The molecule has 1 aromatic carbocycles. The van der Waals surface area contributed by atoms with E-state index in [-0.39, 0.29) is 5.54 Å². The first-order chi connectivity index (χ1) is 9.44. The van der Waals surface area contributed by atoms with Gasteiger partial charge < -0.3 is 10.4 Å². The third-order valence-corrected chi connectivity index (χ3v) is 4.71. The number of benzene rings is 1. The molecule has 1 aromatic heterocycles. The Labute approximate surface area is 123 Å². The van der Waals surface area contributed by atoms with Crippen LogP contribution < -0.4 is 5.32 Å². The molecule has 0 unspecified atom stereocenters. The molecule has 0 bridgehead atoms. The second kappa shape index (κ2) is 5.94. The summed E-state index contributed by atoms with van der Waals surface area (Å²) in [6.45, 7) is 7.07. The fraction of sp³-hybridized carbons (Fsp3) is 0.438. The van der Waals surface area contributed by atoms with Gasteiger partial charge in [-0.15, -0.1) is 11.3 Å². The average molecular weight is 291 g/mol. The van der Waals surface area contributed by atoms with Gasteiger partial charge in [-0.3, -0.25) is 0 Å². The zero-order valence-electron chi connectivity index (χ0n) is 12.2. The van der Waals surface area contributed by atoms with Crippen molar-refractivity contribution in [1.29, 1.82) is 0 Å². The third-order valence-electron chi connectivity index (χ3n) is 3.51. The van der Waals surface area contributed by atoms with Gasteiger partial charge in [-0.25, -0.2) is 4.79 Å². The minimum atomic E-state index is -0.837. The highest BCUT2D eigenvalue weighted by Gasteiger charge is 2.21. The van der Waals surface area contributed by atoms with Crippen LogP contribution in [0, 0.1) is 0 Å². The van der Waals surface area contributed by atoms with Gasteiger partial charge in [0.2, 0.25) is 0 Å². The Kier molecular flexibility index (Phi) is 4.45. The van der Waals surface area contributed by atoms with Gasteiger partial charge in [-0.05, 0) is 37.3 Å². The van der Waals surface area contributed by atoms with Crippen LogP contribution in [0.3, 0.4) is 0 Å². The fourth-order valence-corrected chi connectivity index (χ4v) is 3.55. The van der Waals surface area contributed by atoms with E-state index in [1.54, 1.807) is 0 Å². The number of carboxylic acid groups (broad SMARTS) is 1. The molecular weight excluding hydrogens is 270 g/mol. The van der Waals surface area contributed by atoms with Crippen LogP contribution in [-0.4, -0.2) is 16.6 Å². The average Bonchev–Trinajstić information content (AvgIpc) is 2.75. The Balaban J connectivity index is 2.32. The summed E-state index contributed by atoms with van der Waals surface area (Å²) in [6, 6.07) is 7.89. The van der Waals surface area contributed by atoms with Crippen LogP contribution in [0.5, 0.6) is 0 Å². The van der Waals surface area contributed by atoms with Crippen LogP contribution in [0.1, 0.15) is 48.8 Å². The first-order valence-electron chi connectivity index (χ1n) is 6.93. The highest BCUT2D eigenvalue weighted by molar-refractivity contribution is 7.21. The lowest BCUT2D eigenvalue weighted by Gasteiger charge is -2.26. The van der Waals surface area contributed by atoms with Gasteiger partial charge in [0.25, 0.3) is 0 Å². The van der Waals surface area contributed by atoms with E-state index >= 15 is 0 Å². The molecule has 0 aliphatic heterocycles. The van der Waals surface area contributed by atoms with Crippen molar-refractivity contribution in [3.63, 3.8) is 0 Å². The maximum Gasteiger partial charge on any atom is 0.346 e. The largest absolute Gasteiger partial charge is 0.477 e. The second-order valence-corrected chi connectivity index (χ2v) is 6.75. The Bertz CT molecular complexity index is 616. The molecule has 0 saturated heterocycles. The summed E-state index contributed by atoms with van der Waals surface area (Å²) in [5.74, 6) is -0.837. The van der Waals surface area contributed by atoms with E-state index in [0.717, 1.165) is 28.5 Å². The Hall–Kier alpha value is -1.39. The lowest BCUT2D eigenvalue weighted by Crippen LogP contribution is -2.38. The number of hydrogen-bond acceptors (Lipinski definition) is 3. The third kappa shape index (κ3) is 3.19. The molecule has 0 aliphatic carbocycles. The van der Waals surface area contributed by atoms with Gasteiger partial charge in [-0.1, -0.05) is 31.5 Å². The number of carbonyl (C=O) groups is 1. The first kappa shape index (κ1) is 15.0. The Morgan fingerprint density at radius 3 is 2.70 bits per heavy atom. The molecule has 0 spiro atoms. The van der Waals surface area contributed by atoms with Gasteiger partial charge in [-0.2, -0.15) is 0 Å². The lowest BCUT2D eigenvalue weighted by molar-refractivity contribution is 0.0701. The molecule has 0 amide bonds. The van der Waals surface area contributed by atoms with E-state index in [1.165, 1.54) is 11.3 Å². The molecule has 0 radical (unpaired) electrons.